The van der Waals surface area contributed by atoms with E-state index in [1.54, 1.807) is 19.2 Å². The predicted molar refractivity (Wildman–Crippen MR) is 57.1 cm³/mol. The first-order valence-electron chi connectivity index (χ1n) is 5.10. The Morgan fingerprint density at radius 3 is 2.25 bits per heavy atom. The summed E-state index contributed by atoms with van der Waals surface area (Å²) in [7, 11) is 1.65. The molecule has 0 bridgehead atoms. The number of carbonyl (C=O) groups is 2. The summed E-state index contributed by atoms with van der Waals surface area (Å²) < 4.78 is 0. The van der Waals surface area contributed by atoms with Gasteiger partial charge < -0.3 is 14.8 Å². The van der Waals surface area contributed by atoms with Gasteiger partial charge >= 0.3 is 0 Å². The Hall–Kier alpha value is -1.68. The molecule has 4 heteroatoms. The standard InChI is InChI=1S/C12H15NO3/c1-9-3-5-10(6-4-9)11(14)7-13(2)8-12(15)16/h3-6H,7-8H2,1-2H3,(H,15,16). The zero-order valence-electron chi connectivity index (χ0n) is 9.45. The molecule has 1 rings (SSSR count). The third-order valence-corrected chi connectivity index (χ3v) is 2.28. The Labute approximate surface area is 94.5 Å². The first-order valence-corrected chi connectivity index (χ1v) is 5.10. The molecule has 1 N–H and O–H groups in total. The zero-order valence-corrected chi connectivity index (χ0v) is 9.45. The van der Waals surface area contributed by atoms with Gasteiger partial charge in [0, 0.05) is 5.56 Å². The molecule has 0 radical (unpaired) electrons. The maximum atomic E-state index is 11.7. The number of benzene rings is 1. The minimum absolute atomic E-state index is 0.0567. The van der Waals surface area contributed by atoms with Crippen LogP contribution in [-0.2, 0) is 4.79 Å². The number of likely N-dealkylation sites (N-methyl/N-ethyl adjacent to an activating group) is 1. The Bertz CT molecular complexity index is 384. The largest absolute Gasteiger partial charge is 0.544 e. The molecule has 0 amide bonds. The molecule has 0 saturated carbocycles. The Morgan fingerprint density at radius 2 is 1.75 bits per heavy atom. The second kappa shape index (κ2) is 5.42. The number of carboxylic acid groups (broad SMARTS) is 1. The second-order valence-corrected chi connectivity index (χ2v) is 3.97. The van der Waals surface area contributed by atoms with Gasteiger partial charge in [-0.05, 0) is 6.92 Å². The van der Waals surface area contributed by atoms with Crippen LogP contribution >= 0.6 is 0 Å². The van der Waals surface area contributed by atoms with Crippen LogP contribution in [0.15, 0.2) is 24.3 Å². The number of quaternary nitrogens is 1. The lowest BCUT2D eigenvalue weighted by molar-refractivity contribution is -0.864. The van der Waals surface area contributed by atoms with Crippen molar-refractivity contribution in [2.45, 2.75) is 6.92 Å². The summed E-state index contributed by atoms with van der Waals surface area (Å²) in [6.07, 6.45) is 0. The van der Waals surface area contributed by atoms with Gasteiger partial charge in [-0.15, -0.1) is 0 Å². The van der Waals surface area contributed by atoms with Crippen molar-refractivity contribution in [3.05, 3.63) is 35.4 Å². The molecule has 86 valence electrons. The van der Waals surface area contributed by atoms with Crippen LogP contribution in [0.3, 0.4) is 0 Å². The van der Waals surface area contributed by atoms with Crippen molar-refractivity contribution in [3.8, 4) is 0 Å². The van der Waals surface area contributed by atoms with Crippen molar-refractivity contribution < 1.29 is 19.6 Å². The van der Waals surface area contributed by atoms with Crippen molar-refractivity contribution >= 4 is 11.8 Å². The molecule has 0 aliphatic rings. The lowest BCUT2D eigenvalue weighted by Crippen LogP contribution is -3.11. The third-order valence-electron chi connectivity index (χ3n) is 2.28. The van der Waals surface area contributed by atoms with Gasteiger partial charge in [-0.25, -0.2) is 0 Å². The van der Waals surface area contributed by atoms with Crippen LogP contribution in [-0.4, -0.2) is 31.9 Å². The molecule has 0 aliphatic carbocycles. The fourth-order valence-electron chi connectivity index (χ4n) is 1.42. The molecule has 16 heavy (non-hydrogen) atoms. The summed E-state index contributed by atoms with van der Waals surface area (Å²) in [5.41, 5.74) is 1.70. The summed E-state index contributed by atoms with van der Waals surface area (Å²) in [6.45, 7) is 1.95. The van der Waals surface area contributed by atoms with Gasteiger partial charge in [-0.2, -0.15) is 0 Å². The number of carbonyl (C=O) groups excluding carboxylic acids is 2. The Balaban J connectivity index is 2.58. The molecule has 0 fully saturated rings. The average Bonchev–Trinajstić information content (AvgIpc) is 2.16. The maximum Gasteiger partial charge on any atom is 0.216 e. The lowest BCUT2D eigenvalue weighted by Gasteiger charge is -2.13. The van der Waals surface area contributed by atoms with Crippen molar-refractivity contribution in [1.29, 1.82) is 0 Å². The summed E-state index contributed by atoms with van der Waals surface area (Å²) in [5.74, 6) is -1.20. The molecular formula is C12H15NO3. The van der Waals surface area contributed by atoms with Crippen LogP contribution in [0.5, 0.6) is 0 Å². The minimum Gasteiger partial charge on any atom is -0.544 e. The number of hydrogen-bond donors (Lipinski definition) is 1. The van der Waals surface area contributed by atoms with Gasteiger partial charge in [0.25, 0.3) is 0 Å². The number of aryl methyl sites for hydroxylation is 1. The summed E-state index contributed by atoms with van der Waals surface area (Å²) in [6, 6.07) is 7.23. The van der Waals surface area contributed by atoms with E-state index in [0.29, 0.717) is 10.5 Å². The molecule has 1 atom stereocenters. The summed E-state index contributed by atoms with van der Waals surface area (Å²) in [5, 5.41) is 10.3. The summed E-state index contributed by atoms with van der Waals surface area (Å²) >= 11 is 0. The van der Waals surface area contributed by atoms with Crippen molar-refractivity contribution in [1.82, 2.24) is 0 Å². The van der Waals surface area contributed by atoms with E-state index in [0.717, 1.165) is 5.56 Å². The van der Waals surface area contributed by atoms with Crippen LogP contribution in [0.1, 0.15) is 15.9 Å². The van der Waals surface area contributed by atoms with Gasteiger partial charge in [0.1, 0.15) is 13.1 Å². The van der Waals surface area contributed by atoms with Gasteiger partial charge in [0.2, 0.25) is 5.78 Å². The fourth-order valence-corrected chi connectivity index (χ4v) is 1.42. The van der Waals surface area contributed by atoms with Crippen LogP contribution < -0.4 is 10.0 Å². The third kappa shape index (κ3) is 3.82. The van der Waals surface area contributed by atoms with Gasteiger partial charge in [-0.3, -0.25) is 4.79 Å². The van der Waals surface area contributed by atoms with E-state index in [4.69, 9.17) is 0 Å². The number of ketones is 1. The second-order valence-electron chi connectivity index (χ2n) is 3.97. The molecule has 1 aromatic carbocycles. The number of carboxylic acids is 1. The quantitative estimate of drug-likeness (QED) is 0.612. The lowest BCUT2D eigenvalue weighted by atomic mass is 10.1. The number of Topliss-reactive ketones (excluding diaryl/α,β-unsaturated/α-hetero) is 1. The maximum absolute atomic E-state index is 11.7. The van der Waals surface area contributed by atoms with E-state index in [2.05, 4.69) is 0 Å². The topological polar surface area (TPSA) is 61.6 Å². The van der Waals surface area contributed by atoms with Crippen molar-refractivity contribution in [3.63, 3.8) is 0 Å². The SMILES string of the molecule is Cc1ccc(C(=O)C[NH+](C)CC(=O)[O-])cc1. The van der Waals surface area contributed by atoms with Crippen LogP contribution in [0, 0.1) is 6.92 Å². The molecule has 0 aliphatic heterocycles. The van der Waals surface area contributed by atoms with Crippen LogP contribution in [0.25, 0.3) is 0 Å². The van der Waals surface area contributed by atoms with Gasteiger partial charge in [0.15, 0.2) is 0 Å². The monoisotopic (exact) mass is 221 g/mol. The van der Waals surface area contributed by atoms with E-state index in [1.807, 2.05) is 19.1 Å². The Kier molecular flexibility index (Phi) is 4.19. The predicted octanol–water partition coefficient (Wildman–Crippen LogP) is -1.56. The normalized spacial score (nSPS) is 12.1. The number of hydrogen-bond acceptors (Lipinski definition) is 3. The van der Waals surface area contributed by atoms with Gasteiger partial charge in [-0.1, -0.05) is 29.8 Å². The summed E-state index contributed by atoms with van der Waals surface area (Å²) in [4.78, 5) is 22.7. The molecule has 0 aromatic heterocycles. The van der Waals surface area contributed by atoms with Crippen molar-refractivity contribution in [2.24, 2.45) is 0 Å². The molecular weight excluding hydrogens is 206 g/mol. The van der Waals surface area contributed by atoms with Crippen molar-refractivity contribution in [2.75, 3.05) is 20.1 Å². The highest BCUT2D eigenvalue weighted by Crippen LogP contribution is 2.02. The number of nitrogens with one attached hydrogen (secondary N) is 1. The first kappa shape index (κ1) is 12.4. The molecule has 1 aromatic rings. The molecule has 0 heterocycles. The molecule has 0 saturated heterocycles. The van der Waals surface area contributed by atoms with E-state index < -0.39 is 5.97 Å². The van der Waals surface area contributed by atoms with Crippen LogP contribution in [0.4, 0.5) is 0 Å². The molecule has 1 unspecified atom stereocenters. The highest BCUT2D eigenvalue weighted by atomic mass is 16.4. The van der Waals surface area contributed by atoms with E-state index in [9.17, 15) is 14.7 Å². The number of rotatable bonds is 5. The minimum atomic E-state index is -1.14. The van der Waals surface area contributed by atoms with E-state index in [1.165, 1.54) is 0 Å². The smallest absolute Gasteiger partial charge is 0.216 e. The average molecular weight is 221 g/mol. The zero-order chi connectivity index (χ0) is 12.1. The highest BCUT2D eigenvalue weighted by molar-refractivity contribution is 5.96. The van der Waals surface area contributed by atoms with Crippen LogP contribution in [0.2, 0.25) is 0 Å². The van der Waals surface area contributed by atoms with E-state index in [-0.39, 0.29) is 18.9 Å². The molecule has 4 nitrogen and oxygen atoms in total. The number of aliphatic carboxylic acids is 1. The Morgan fingerprint density at radius 1 is 1.19 bits per heavy atom. The highest BCUT2D eigenvalue weighted by Gasteiger charge is 2.11. The van der Waals surface area contributed by atoms with Gasteiger partial charge in [0.05, 0.1) is 13.0 Å². The first-order chi connectivity index (χ1) is 7.49. The fraction of sp³-hybridized carbons (Fsp3) is 0.333. The molecule has 0 spiro atoms. The van der Waals surface area contributed by atoms with E-state index >= 15 is 0 Å².